The fourth-order valence-electron chi connectivity index (χ4n) is 2.13. The van der Waals surface area contributed by atoms with Crippen LogP contribution in [0, 0.1) is 11.3 Å². The van der Waals surface area contributed by atoms with E-state index < -0.39 is 17.4 Å². The lowest BCUT2D eigenvalue weighted by molar-refractivity contribution is -0.146. The third-order valence-corrected chi connectivity index (χ3v) is 3.49. The Balaban J connectivity index is 2.60. The van der Waals surface area contributed by atoms with Crippen LogP contribution in [0.4, 0.5) is 0 Å². The van der Waals surface area contributed by atoms with Gasteiger partial charge in [-0.25, -0.2) is 4.79 Å². The van der Waals surface area contributed by atoms with Crippen molar-refractivity contribution >= 4 is 11.9 Å². The SMILES string of the molecule is CC(C)CC(NC(=O)C1(CN)CCC1)C(=O)O. The molecule has 1 fully saturated rings. The lowest BCUT2D eigenvalue weighted by atomic mass is 9.68. The number of nitrogens with two attached hydrogens (primary N) is 1. The van der Waals surface area contributed by atoms with Crippen LogP contribution >= 0.6 is 0 Å². The van der Waals surface area contributed by atoms with E-state index in [4.69, 9.17) is 10.8 Å². The largest absolute Gasteiger partial charge is 0.480 e. The van der Waals surface area contributed by atoms with Crippen molar-refractivity contribution in [2.45, 2.75) is 45.6 Å². The minimum Gasteiger partial charge on any atom is -0.480 e. The molecule has 0 aromatic heterocycles. The van der Waals surface area contributed by atoms with Gasteiger partial charge in [0.25, 0.3) is 0 Å². The summed E-state index contributed by atoms with van der Waals surface area (Å²) in [5.41, 5.74) is 5.11. The summed E-state index contributed by atoms with van der Waals surface area (Å²) in [7, 11) is 0. The Morgan fingerprint density at radius 2 is 2.00 bits per heavy atom. The molecular formula is C12H22N2O3. The predicted octanol–water partition coefficient (Wildman–Crippen LogP) is 0.731. The molecule has 0 aliphatic heterocycles. The Hall–Kier alpha value is -1.10. The number of hydrogen-bond donors (Lipinski definition) is 3. The predicted molar refractivity (Wildman–Crippen MR) is 64.4 cm³/mol. The van der Waals surface area contributed by atoms with Gasteiger partial charge in [-0.15, -0.1) is 0 Å². The molecule has 5 nitrogen and oxygen atoms in total. The van der Waals surface area contributed by atoms with Crippen LogP contribution in [-0.2, 0) is 9.59 Å². The highest BCUT2D eigenvalue weighted by atomic mass is 16.4. The summed E-state index contributed by atoms with van der Waals surface area (Å²) in [6.45, 7) is 4.17. The topological polar surface area (TPSA) is 92.4 Å². The first-order chi connectivity index (χ1) is 7.91. The van der Waals surface area contributed by atoms with Gasteiger partial charge in [-0.05, 0) is 25.2 Å². The molecule has 17 heavy (non-hydrogen) atoms. The van der Waals surface area contributed by atoms with Gasteiger partial charge in [-0.1, -0.05) is 20.3 Å². The molecule has 1 unspecified atom stereocenters. The van der Waals surface area contributed by atoms with E-state index in [0.717, 1.165) is 19.3 Å². The van der Waals surface area contributed by atoms with Crippen LogP contribution < -0.4 is 11.1 Å². The van der Waals surface area contributed by atoms with Gasteiger partial charge in [-0.2, -0.15) is 0 Å². The minimum atomic E-state index is -0.974. The minimum absolute atomic E-state index is 0.195. The zero-order valence-electron chi connectivity index (χ0n) is 10.5. The lowest BCUT2D eigenvalue weighted by Gasteiger charge is -2.39. The highest BCUT2D eigenvalue weighted by Crippen LogP contribution is 2.40. The number of amides is 1. The number of carboxylic acid groups (broad SMARTS) is 1. The van der Waals surface area contributed by atoms with Gasteiger partial charge in [0, 0.05) is 6.54 Å². The van der Waals surface area contributed by atoms with Crippen LogP contribution in [0.3, 0.4) is 0 Å². The van der Waals surface area contributed by atoms with Crippen molar-refractivity contribution in [2.75, 3.05) is 6.54 Å². The summed E-state index contributed by atoms with van der Waals surface area (Å²) >= 11 is 0. The van der Waals surface area contributed by atoms with Crippen LogP contribution in [0.1, 0.15) is 39.5 Å². The molecule has 0 aromatic carbocycles. The summed E-state index contributed by atoms with van der Waals surface area (Å²) in [6.07, 6.45) is 2.97. The first-order valence-electron chi connectivity index (χ1n) is 6.15. The van der Waals surface area contributed by atoms with Crippen molar-refractivity contribution in [2.24, 2.45) is 17.1 Å². The Morgan fingerprint density at radius 1 is 1.41 bits per heavy atom. The Labute approximate surface area is 102 Å². The molecule has 0 bridgehead atoms. The summed E-state index contributed by atoms with van der Waals surface area (Å²) in [6, 6.07) is -0.800. The summed E-state index contributed by atoms with van der Waals surface area (Å²) in [5.74, 6) is -0.940. The first kappa shape index (κ1) is 14.0. The molecule has 1 amide bonds. The van der Waals surface area contributed by atoms with E-state index >= 15 is 0 Å². The average Bonchev–Trinajstić information content (AvgIpc) is 2.14. The zero-order chi connectivity index (χ0) is 13.1. The van der Waals surface area contributed by atoms with Crippen LogP contribution in [0.25, 0.3) is 0 Å². The van der Waals surface area contributed by atoms with E-state index in [1.54, 1.807) is 0 Å². The number of carbonyl (C=O) groups is 2. The molecule has 5 heteroatoms. The molecule has 1 rings (SSSR count). The lowest BCUT2D eigenvalue weighted by Crippen LogP contribution is -2.54. The highest BCUT2D eigenvalue weighted by molar-refractivity contribution is 5.88. The second-order valence-corrected chi connectivity index (χ2v) is 5.33. The van der Waals surface area contributed by atoms with Crippen molar-refractivity contribution in [3.05, 3.63) is 0 Å². The molecule has 0 saturated heterocycles. The molecule has 0 heterocycles. The number of aliphatic carboxylic acids is 1. The first-order valence-corrected chi connectivity index (χ1v) is 6.15. The molecule has 1 saturated carbocycles. The Kier molecular flexibility index (Phi) is 4.51. The Morgan fingerprint density at radius 3 is 2.29 bits per heavy atom. The second kappa shape index (κ2) is 5.49. The molecule has 0 aromatic rings. The van der Waals surface area contributed by atoms with Crippen molar-refractivity contribution in [3.63, 3.8) is 0 Å². The molecular weight excluding hydrogens is 220 g/mol. The quantitative estimate of drug-likeness (QED) is 0.640. The Bertz CT molecular complexity index is 293. The van der Waals surface area contributed by atoms with Gasteiger partial charge < -0.3 is 16.2 Å². The number of carbonyl (C=O) groups excluding carboxylic acids is 1. The number of rotatable bonds is 6. The normalized spacial score (nSPS) is 19.5. The summed E-state index contributed by atoms with van der Waals surface area (Å²) in [4.78, 5) is 23.1. The fraction of sp³-hybridized carbons (Fsp3) is 0.833. The monoisotopic (exact) mass is 242 g/mol. The van der Waals surface area contributed by atoms with Crippen LogP contribution in [0.15, 0.2) is 0 Å². The molecule has 0 spiro atoms. The highest BCUT2D eigenvalue weighted by Gasteiger charge is 2.43. The molecule has 1 aliphatic rings. The van der Waals surface area contributed by atoms with E-state index in [9.17, 15) is 9.59 Å². The van der Waals surface area contributed by atoms with E-state index in [1.165, 1.54) is 0 Å². The summed E-state index contributed by atoms with van der Waals surface area (Å²) in [5, 5.41) is 11.7. The molecule has 0 radical (unpaired) electrons. The van der Waals surface area contributed by atoms with Crippen molar-refractivity contribution < 1.29 is 14.7 Å². The molecule has 1 aliphatic carbocycles. The third kappa shape index (κ3) is 3.19. The van der Waals surface area contributed by atoms with Gasteiger partial charge in [-0.3, -0.25) is 4.79 Å². The molecule has 98 valence electrons. The van der Waals surface area contributed by atoms with Crippen molar-refractivity contribution in [1.82, 2.24) is 5.32 Å². The van der Waals surface area contributed by atoms with E-state index in [1.807, 2.05) is 13.8 Å². The van der Waals surface area contributed by atoms with E-state index in [0.29, 0.717) is 13.0 Å². The zero-order valence-corrected chi connectivity index (χ0v) is 10.5. The van der Waals surface area contributed by atoms with Crippen molar-refractivity contribution in [1.29, 1.82) is 0 Å². The number of carboxylic acids is 1. The molecule has 4 N–H and O–H groups in total. The van der Waals surface area contributed by atoms with Gasteiger partial charge in [0.05, 0.1) is 5.41 Å². The van der Waals surface area contributed by atoms with Gasteiger partial charge in [0.1, 0.15) is 6.04 Å². The van der Waals surface area contributed by atoms with Gasteiger partial charge in [0.15, 0.2) is 0 Å². The average molecular weight is 242 g/mol. The maximum atomic E-state index is 12.0. The fourth-order valence-corrected chi connectivity index (χ4v) is 2.13. The molecule has 1 atom stereocenters. The number of hydrogen-bond acceptors (Lipinski definition) is 3. The standard InChI is InChI=1S/C12H22N2O3/c1-8(2)6-9(10(15)16)14-11(17)12(7-13)4-3-5-12/h8-9H,3-7,13H2,1-2H3,(H,14,17)(H,15,16). The van der Waals surface area contributed by atoms with E-state index in [2.05, 4.69) is 5.32 Å². The van der Waals surface area contributed by atoms with Crippen LogP contribution in [0.2, 0.25) is 0 Å². The van der Waals surface area contributed by atoms with Crippen LogP contribution in [0.5, 0.6) is 0 Å². The number of nitrogens with one attached hydrogen (secondary N) is 1. The maximum absolute atomic E-state index is 12.0. The maximum Gasteiger partial charge on any atom is 0.326 e. The summed E-state index contributed by atoms with van der Waals surface area (Å²) < 4.78 is 0. The third-order valence-electron chi connectivity index (χ3n) is 3.49. The van der Waals surface area contributed by atoms with Gasteiger partial charge in [0.2, 0.25) is 5.91 Å². The van der Waals surface area contributed by atoms with Crippen molar-refractivity contribution in [3.8, 4) is 0 Å². The van der Waals surface area contributed by atoms with Gasteiger partial charge >= 0.3 is 5.97 Å². The van der Waals surface area contributed by atoms with E-state index in [-0.39, 0.29) is 11.8 Å². The second-order valence-electron chi connectivity index (χ2n) is 5.33. The van der Waals surface area contributed by atoms with Crippen LogP contribution in [-0.4, -0.2) is 29.6 Å². The smallest absolute Gasteiger partial charge is 0.326 e.